The fraction of sp³-hybridized carbons (Fsp3) is 0.467. The van der Waals surface area contributed by atoms with Crippen molar-refractivity contribution < 1.29 is 9.59 Å². The molecule has 5 nitrogen and oxygen atoms in total. The summed E-state index contributed by atoms with van der Waals surface area (Å²) < 4.78 is 0. The predicted molar refractivity (Wildman–Crippen MR) is 78.5 cm³/mol. The molecule has 2 rings (SSSR count). The SMILES string of the molecule is NCCC(=O)Nc1ccc(C(=O)NC2CCCC2)cc1. The first-order chi connectivity index (χ1) is 9.69. The summed E-state index contributed by atoms with van der Waals surface area (Å²) in [4.78, 5) is 23.4. The molecule has 2 amide bonds. The zero-order valence-electron chi connectivity index (χ0n) is 11.5. The maximum atomic E-state index is 12.0. The van der Waals surface area contributed by atoms with E-state index < -0.39 is 0 Å². The van der Waals surface area contributed by atoms with Crippen molar-refractivity contribution in [1.82, 2.24) is 5.32 Å². The molecule has 1 aliphatic carbocycles. The van der Waals surface area contributed by atoms with E-state index in [2.05, 4.69) is 10.6 Å². The summed E-state index contributed by atoms with van der Waals surface area (Å²) in [5.74, 6) is -0.160. The summed E-state index contributed by atoms with van der Waals surface area (Å²) in [5.41, 5.74) is 6.61. The lowest BCUT2D eigenvalue weighted by atomic mass is 10.1. The number of hydrogen-bond acceptors (Lipinski definition) is 3. The standard InChI is InChI=1S/C15H21N3O2/c16-10-9-14(19)17-13-7-5-11(6-8-13)15(20)18-12-3-1-2-4-12/h5-8,12H,1-4,9-10,16H2,(H,17,19)(H,18,20). The van der Waals surface area contributed by atoms with E-state index >= 15 is 0 Å². The zero-order valence-corrected chi connectivity index (χ0v) is 11.5. The Morgan fingerprint density at radius 3 is 2.40 bits per heavy atom. The van der Waals surface area contributed by atoms with Gasteiger partial charge in [-0.25, -0.2) is 0 Å². The van der Waals surface area contributed by atoms with E-state index in [1.165, 1.54) is 12.8 Å². The lowest BCUT2D eigenvalue weighted by molar-refractivity contribution is -0.116. The van der Waals surface area contributed by atoms with Crippen molar-refractivity contribution in [2.45, 2.75) is 38.1 Å². The topological polar surface area (TPSA) is 84.2 Å². The second-order valence-electron chi connectivity index (χ2n) is 5.12. The lowest BCUT2D eigenvalue weighted by Crippen LogP contribution is -2.32. The van der Waals surface area contributed by atoms with Gasteiger partial charge in [0.25, 0.3) is 5.91 Å². The minimum atomic E-state index is -0.115. The smallest absolute Gasteiger partial charge is 0.251 e. The van der Waals surface area contributed by atoms with Crippen molar-refractivity contribution in [3.63, 3.8) is 0 Å². The van der Waals surface area contributed by atoms with Gasteiger partial charge in [0.15, 0.2) is 0 Å². The van der Waals surface area contributed by atoms with Gasteiger partial charge in [-0.3, -0.25) is 9.59 Å². The van der Waals surface area contributed by atoms with Gasteiger partial charge >= 0.3 is 0 Å². The number of rotatable bonds is 5. The molecule has 1 aromatic carbocycles. The van der Waals surface area contributed by atoms with E-state index in [-0.39, 0.29) is 11.8 Å². The molecule has 0 bridgehead atoms. The summed E-state index contributed by atoms with van der Waals surface area (Å²) in [6.07, 6.45) is 4.82. The summed E-state index contributed by atoms with van der Waals surface area (Å²) in [7, 11) is 0. The summed E-state index contributed by atoms with van der Waals surface area (Å²) in [6, 6.07) is 7.23. The van der Waals surface area contributed by atoms with Gasteiger partial charge in [-0.2, -0.15) is 0 Å². The Labute approximate surface area is 118 Å². The van der Waals surface area contributed by atoms with Crippen LogP contribution < -0.4 is 16.4 Å². The monoisotopic (exact) mass is 275 g/mol. The van der Waals surface area contributed by atoms with Crippen molar-refractivity contribution in [1.29, 1.82) is 0 Å². The van der Waals surface area contributed by atoms with Gasteiger partial charge in [-0.1, -0.05) is 12.8 Å². The van der Waals surface area contributed by atoms with Crippen molar-refractivity contribution in [2.24, 2.45) is 5.73 Å². The van der Waals surface area contributed by atoms with Crippen LogP contribution in [0.15, 0.2) is 24.3 Å². The third kappa shape index (κ3) is 4.06. The Bertz CT molecular complexity index is 465. The van der Waals surface area contributed by atoms with Gasteiger partial charge in [0, 0.05) is 30.3 Å². The average Bonchev–Trinajstić information content (AvgIpc) is 2.92. The highest BCUT2D eigenvalue weighted by Crippen LogP contribution is 2.18. The number of carbonyl (C=O) groups is 2. The van der Waals surface area contributed by atoms with Crippen LogP contribution in [0.3, 0.4) is 0 Å². The molecule has 20 heavy (non-hydrogen) atoms. The van der Waals surface area contributed by atoms with Gasteiger partial charge in [0.05, 0.1) is 0 Å². The maximum Gasteiger partial charge on any atom is 0.251 e. The highest BCUT2D eigenvalue weighted by molar-refractivity contribution is 5.96. The van der Waals surface area contributed by atoms with Crippen LogP contribution in [0.2, 0.25) is 0 Å². The third-order valence-electron chi connectivity index (χ3n) is 3.49. The quantitative estimate of drug-likeness (QED) is 0.764. The van der Waals surface area contributed by atoms with Crippen molar-refractivity contribution >= 4 is 17.5 Å². The molecule has 5 heteroatoms. The Balaban J connectivity index is 1.89. The van der Waals surface area contributed by atoms with Gasteiger partial charge < -0.3 is 16.4 Å². The first kappa shape index (κ1) is 14.5. The number of nitrogens with one attached hydrogen (secondary N) is 2. The highest BCUT2D eigenvalue weighted by Gasteiger charge is 2.17. The average molecular weight is 275 g/mol. The Kier molecular flexibility index (Phi) is 5.12. The van der Waals surface area contributed by atoms with E-state index in [0.717, 1.165) is 12.8 Å². The second-order valence-corrected chi connectivity index (χ2v) is 5.12. The van der Waals surface area contributed by atoms with Gasteiger partial charge in [0.1, 0.15) is 0 Å². The molecule has 4 N–H and O–H groups in total. The Morgan fingerprint density at radius 2 is 1.80 bits per heavy atom. The van der Waals surface area contributed by atoms with E-state index in [0.29, 0.717) is 30.3 Å². The molecule has 0 radical (unpaired) electrons. The summed E-state index contributed by atoms with van der Waals surface area (Å²) >= 11 is 0. The van der Waals surface area contributed by atoms with Gasteiger partial charge in [0.2, 0.25) is 5.91 Å². The van der Waals surface area contributed by atoms with Crippen LogP contribution in [0.25, 0.3) is 0 Å². The maximum absolute atomic E-state index is 12.0. The normalized spacial score (nSPS) is 15.1. The minimum Gasteiger partial charge on any atom is -0.349 e. The van der Waals surface area contributed by atoms with Gasteiger partial charge in [-0.15, -0.1) is 0 Å². The number of benzene rings is 1. The molecule has 0 saturated heterocycles. The number of amides is 2. The van der Waals surface area contributed by atoms with E-state index in [4.69, 9.17) is 5.73 Å². The predicted octanol–water partition coefficient (Wildman–Crippen LogP) is 1.65. The molecular formula is C15H21N3O2. The van der Waals surface area contributed by atoms with E-state index in [9.17, 15) is 9.59 Å². The molecule has 0 heterocycles. The minimum absolute atomic E-state index is 0.0447. The largest absolute Gasteiger partial charge is 0.349 e. The number of nitrogens with two attached hydrogens (primary N) is 1. The zero-order chi connectivity index (χ0) is 14.4. The van der Waals surface area contributed by atoms with E-state index in [1.807, 2.05) is 0 Å². The first-order valence-electron chi connectivity index (χ1n) is 7.10. The molecule has 0 unspecified atom stereocenters. The number of hydrogen-bond donors (Lipinski definition) is 3. The third-order valence-corrected chi connectivity index (χ3v) is 3.49. The molecule has 1 aromatic rings. The molecule has 108 valence electrons. The fourth-order valence-corrected chi connectivity index (χ4v) is 2.40. The van der Waals surface area contributed by atoms with Crippen molar-refractivity contribution in [3.05, 3.63) is 29.8 Å². The molecule has 0 spiro atoms. The number of anilines is 1. The van der Waals surface area contributed by atoms with Crippen molar-refractivity contribution in [2.75, 3.05) is 11.9 Å². The van der Waals surface area contributed by atoms with Crippen LogP contribution in [0.4, 0.5) is 5.69 Å². The molecule has 0 aliphatic heterocycles. The van der Waals surface area contributed by atoms with Crippen LogP contribution >= 0.6 is 0 Å². The van der Waals surface area contributed by atoms with Crippen molar-refractivity contribution in [3.8, 4) is 0 Å². The highest BCUT2D eigenvalue weighted by atomic mass is 16.2. The number of carbonyl (C=O) groups excluding carboxylic acids is 2. The lowest BCUT2D eigenvalue weighted by Gasteiger charge is -2.12. The van der Waals surface area contributed by atoms with Crippen LogP contribution in [-0.2, 0) is 4.79 Å². The second kappa shape index (κ2) is 7.05. The van der Waals surface area contributed by atoms with Gasteiger partial charge in [-0.05, 0) is 37.1 Å². The van der Waals surface area contributed by atoms with Crippen LogP contribution in [0.1, 0.15) is 42.5 Å². The van der Waals surface area contributed by atoms with E-state index in [1.54, 1.807) is 24.3 Å². The molecule has 0 aromatic heterocycles. The first-order valence-corrected chi connectivity index (χ1v) is 7.10. The molecule has 1 aliphatic rings. The summed E-state index contributed by atoms with van der Waals surface area (Å²) in [5, 5.41) is 5.76. The summed E-state index contributed by atoms with van der Waals surface area (Å²) in [6.45, 7) is 0.327. The fourth-order valence-electron chi connectivity index (χ4n) is 2.40. The molecule has 0 atom stereocenters. The Morgan fingerprint density at radius 1 is 1.15 bits per heavy atom. The van der Waals surface area contributed by atoms with Crippen LogP contribution in [0.5, 0.6) is 0 Å². The molecular weight excluding hydrogens is 254 g/mol. The molecule has 1 fully saturated rings. The molecule has 1 saturated carbocycles. The van der Waals surface area contributed by atoms with Crippen LogP contribution in [-0.4, -0.2) is 24.4 Å². The van der Waals surface area contributed by atoms with Crippen LogP contribution in [0, 0.1) is 0 Å². The Hall–Kier alpha value is -1.88.